The molecule has 2 aromatic rings. The number of pyridine rings is 1. The van der Waals surface area contributed by atoms with E-state index in [4.69, 9.17) is 0 Å². The lowest BCUT2D eigenvalue weighted by molar-refractivity contribution is 0.0786. The maximum absolute atomic E-state index is 13.3. The van der Waals surface area contributed by atoms with Gasteiger partial charge in [-0.1, -0.05) is 0 Å². The van der Waals surface area contributed by atoms with E-state index in [1.807, 2.05) is 0 Å². The largest absolute Gasteiger partial charge is 0.338 e. The molecule has 0 spiro atoms. The number of hydrogen-bond acceptors (Lipinski definition) is 2. The Balaban J connectivity index is 1.68. The van der Waals surface area contributed by atoms with E-state index in [1.54, 1.807) is 17.9 Å². The summed E-state index contributed by atoms with van der Waals surface area (Å²) in [4.78, 5) is 28.3. The maximum atomic E-state index is 13.3. The molecule has 126 valence electrons. The minimum Gasteiger partial charge on any atom is -0.338 e. The molecular formula is C18H18F2N2O2. The summed E-state index contributed by atoms with van der Waals surface area (Å²) in [5.41, 5.74) is 1.30. The van der Waals surface area contributed by atoms with Crippen LogP contribution in [0.5, 0.6) is 0 Å². The van der Waals surface area contributed by atoms with Crippen molar-refractivity contribution >= 4 is 5.91 Å². The van der Waals surface area contributed by atoms with Gasteiger partial charge in [-0.3, -0.25) is 9.59 Å². The zero-order valence-electron chi connectivity index (χ0n) is 13.3. The van der Waals surface area contributed by atoms with E-state index in [0.717, 1.165) is 12.5 Å². The van der Waals surface area contributed by atoms with Crippen LogP contribution in [0.4, 0.5) is 8.78 Å². The number of amides is 1. The number of carbonyl (C=O) groups is 1. The summed E-state index contributed by atoms with van der Waals surface area (Å²) in [5.74, 6) is -1.21. The van der Waals surface area contributed by atoms with Gasteiger partial charge in [0, 0.05) is 36.5 Å². The van der Waals surface area contributed by atoms with E-state index >= 15 is 0 Å². The SMILES string of the molecule is Cc1cc(C(=O)N2CCC(Cc3cc(F)cc(F)c3)C2)cc(=O)[nH]1. The molecule has 1 aliphatic rings. The van der Waals surface area contributed by atoms with Crippen molar-refractivity contribution < 1.29 is 13.6 Å². The van der Waals surface area contributed by atoms with Crippen LogP contribution in [-0.4, -0.2) is 28.9 Å². The monoisotopic (exact) mass is 332 g/mol. The number of nitrogens with zero attached hydrogens (tertiary/aromatic N) is 1. The van der Waals surface area contributed by atoms with Gasteiger partial charge >= 0.3 is 0 Å². The highest BCUT2D eigenvalue weighted by atomic mass is 19.1. The minimum atomic E-state index is -0.588. The molecule has 1 aliphatic heterocycles. The molecule has 1 aromatic carbocycles. The molecule has 0 bridgehead atoms. The predicted octanol–water partition coefficient (Wildman–Crippen LogP) is 2.67. The molecule has 6 heteroatoms. The maximum Gasteiger partial charge on any atom is 0.254 e. The molecule has 24 heavy (non-hydrogen) atoms. The molecule has 0 aliphatic carbocycles. The van der Waals surface area contributed by atoms with Crippen LogP contribution in [0.1, 0.15) is 28.0 Å². The molecule has 1 amide bonds. The van der Waals surface area contributed by atoms with Gasteiger partial charge in [0.05, 0.1) is 0 Å². The first kappa shape index (κ1) is 16.4. The zero-order chi connectivity index (χ0) is 17.3. The van der Waals surface area contributed by atoms with Gasteiger partial charge in [0.2, 0.25) is 5.56 Å². The van der Waals surface area contributed by atoms with Gasteiger partial charge in [0.25, 0.3) is 5.91 Å². The smallest absolute Gasteiger partial charge is 0.254 e. The minimum absolute atomic E-state index is 0.151. The summed E-state index contributed by atoms with van der Waals surface area (Å²) in [6, 6.07) is 6.45. The van der Waals surface area contributed by atoms with Gasteiger partial charge in [0.15, 0.2) is 0 Å². The van der Waals surface area contributed by atoms with Crippen molar-refractivity contribution in [3.8, 4) is 0 Å². The van der Waals surface area contributed by atoms with Crippen LogP contribution >= 0.6 is 0 Å². The highest BCUT2D eigenvalue weighted by Crippen LogP contribution is 2.23. The fraction of sp³-hybridized carbons (Fsp3) is 0.333. The number of aromatic amines is 1. The van der Waals surface area contributed by atoms with Crippen LogP contribution in [0, 0.1) is 24.5 Å². The number of aromatic nitrogens is 1. The summed E-state index contributed by atoms with van der Waals surface area (Å²) in [7, 11) is 0. The molecule has 0 saturated carbocycles. The number of hydrogen-bond donors (Lipinski definition) is 1. The first-order chi connectivity index (χ1) is 11.4. The normalized spacial score (nSPS) is 17.3. The van der Waals surface area contributed by atoms with Crippen LogP contribution < -0.4 is 5.56 Å². The number of carbonyl (C=O) groups excluding carboxylic acids is 1. The van der Waals surface area contributed by atoms with Crippen LogP contribution in [0.3, 0.4) is 0 Å². The molecule has 1 saturated heterocycles. The Morgan fingerprint density at radius 1 is 1.21 bits per heavy atom. The molecule has 1 atom stereocenters. The van der Waals surface area contributed by atoms with Gasteiger partial charge in [-0.2, -0.15) is 0 Å². The van der Waals surface area contributed by atoms with Crippen molar-refractivity contribution in [1.82, 2.24) is 9.88 Å². The number of H-pyrrole nitrogens is 1. The highest BCUT2D eigenvalue weighted by Gasteiger charge is 2.27. The van der Waals surface area contributed by atoms with Crippen molar-refractivity contribution in [3.63, 3.8) is 0 Å². The lowest BCUT2D eigenvalue weighted by atomic mass is 9.98. The lowest BCUT2D eigenvalue weighted by Crippen LogP contribution is -2.30. The van der Waals surface area contributed by atoms with E-state index in [1.165, 1.54) is 18.2 Å². The fourth-order valence-electron chi connectivity index (χ4n) is 3.23. The van der Waals surface area contributed by atoms with Crippen molar-refractivity contribution in [3.05, 3.63) is 69.1 Å². The number of benzene rings is 1. The summed E-state index contributed by atoms with van der Waals surface area (Å²) < 4.78 is 26.5. The third-order valence-electron chi connectivity index (χ3n) is 4.25. The summed E-state index contributed by atoms with van der Waals surface area (Å²) in [5, 5.41) is 0. The molecule has 4 nitrogen and oxygen atoms in total. The number of likely N-dealkylation sites (tertiary alicyclic amines) is 1. The standard InChI is InChI=1S/C18H18F2N2O2/c1-11-4-14(8-17(23)21-11)18(24)22-3-2-12(10-22)5-13-6-15(19)9-16(20)7-13/h4,6-9,12H,2-3,5,10H2,1H3,(H,21,23). The summed E-state index contributed by atoms with van der Waals surface area (Å²) >= 11 is 0. The molecule has 2 heterocycles. The molecule has 1 unspecified atom stereocenters. The van der Waals surface area contributed by atoms with E-state index in [9.17, 15) is 18.4 Å². The van der Waals surface area contributed by atoms with Crippen LogP contribution in [0.2, 0.25) is 0 Å². The molecule has 1 fully saturated rings. The lowest BCUT2D eigenvalue weighted by Gasteiger charge is -2.17. The second kappa shape index (κ2) is 6.55. The first-order valence-corrected chi connectivity index (χ1v) is 7.86. The van der Waals surface area contributed by atoms with E-state index in [0.29, 0.717) is 36.3 Å². The number of rotatable bonds is 3. The van der Waals surface area contributed by atoms with Crippen molar-refractivity contribution in [1.29, 1.82) is 0 Å². The number of nitrogens with one attached hydrogen (secondary N) is 1. The first-order valence-electron chi connectivity index (χ1n) is 7.86. The van der Waals surface area contributed by atoms with E-state index in [-0.39, 0.29) is 17.4 Å². The quantitative estimate of drug-likeness (QED) is 0.939. The molecule has 3 rings (SSSR count). The van der Waals surface area contributed by atoms with Gasteiger partial charge < -0.3 is 9.88 Å². The van der Waals surface area contributed by atoms with Gasteiger partial charge in [-0.05, 0) is 49.4 Å². The fourth-order valence-corrected chi connectivity index (χ4v) is 3.23. The second-order valence-electron chi connectivity index (χ2n) is 6.30. The summed E-state index contributed by atoms with van der Waals surface area (Å²) in [6.07, 6.45) is 1.29. The third-order valence-corrected chi connectivity index (χ3v) is 4.25. The van der Waals surface area contributed by atoms with Crippen LogP contribution in [0.25, 0.3) is 0 Å². The van der Waals surface area contributed by atoms with E-state index in [2.05, 4.69) is 4.98 Å². The number of halogens is 2. The Morgan fingerprint density at radius 3 is 2.58 bits per heavy atom. The van der Waals surface area contributed by atoms with Gasteiger partial charge in [-0.25, -0.2) is 8.78 Å². The Bertz CT molecular complexity index is 812. The van der Waals surface area contributed by atoms with Crippen LogP contribution in [0.15, 0.2) is 35.1 Å². The third kappa shape index (κ3) is 3.69. The molecule has 0 radical (unpaired) electrons. The average molecular weight is 332 g/mol. The number of aryl methyl sites for hydroxylation is 1. The summed E-state index contributed by atoms with van der Waals surface area (Å²) in [6.45, 7) is 2.82. The predicted molar refractivity (Wildman–Crippen MR) is 85.9 cm³/mol. The Hall–Kier alpha value is -2.50. The Kier molecular flexibility index (Phi) is 4.46. The van der Waals surface area contributed by atoms with E-state index < -0.39 is 11.6 Å². The van der Waals surface area contributed by atoms with Crippen molar-refractivity contribution in [2.45, 2.75) is 19.8 Å². The average Bonchev–Trinajstić information content (AvgIpc) is 2.92. The van der Waals surface area contributed by atoms with Gasteiger partial charge in [-0.15, -0.1) is 0 Å². The van der Waals surface area contributed by atoms with Gasteiger partial charge in [0.1, 0.15) is 11.6 Å². The molecule has 1 N–H and O–H groups in total. The Morgan fingerprint density at radius 2 is 1.92 bits per heavy atom. The molecular weight excluding hydrogens is 314 g/mol. The Labute approximate surface area is 138 Å². The highest BCUT2D eigenvalue weighted by molar-refractivity contribution is 5.94. The molecule has 1 aromatic heterocycles. The second-order valence-corrected chi connectivity index (χ2v) is 6.30. The zero-order valence-corrected chi connectivity index (χ0v) is 13.3. The van der Waals surface area contributed by atoms with Crippen molar-refractivity contribution in [2.24, 2.45) is 5.92 Å². The van der Waals surface area contributed by atoms with Crippen LogP contribution in [-0.2, 0) is 6.42 Å². The van der Waals surface area contributed by atoms with Crippen molar-refractivity contribution in [2.75, 3.05) is 13.1 Å². The topological polar surface area (TPSA) is 53.2 Å².